The third-order valence-corrected chi connectivity index (χ3v) is 6.66. The molecule has 1 amide bonds. The van der Waals surface area contributed by atoms with Gasteiger partial charge in [0.1, 0.15) is 6.17 Å². The lowest BCUT2D eigenvalue weighted by Gasteiger charge is -2.41. The highest BCUT2D eigenvalue weighted by Crippen LogP contribution is 2.28. The standard InChI is InChI=1S/C27H31N5O/c28-22-8-6-7-21(19-22)20-26-29-27(33)24-11-4-5-12-25(24)32(26)18-15-30-13-16-31(17-14-30)23-9-2-1-3-10-23/h1-12,19,26H,13-18,20,28H2,(H,29,33). The first-order valence-electron chi connectivity index (χ1n) is 11.7. The highest BCUT2D eigenvalue weighted by atomic mass is 16.2. The summed E-state index contributed by atoms with van der Waals surface area (Å²) in [6, 6.07) is 26.5. The van der Waals surface area contributed by atoms with Gasteiger partial charge in [0, 0.05) is 57.1 Å². The third kappa shape index (κ3) is 4.81. The van der Waals surface area contributed by atoms with E-state index in [1.54, 1.807) is 0 Å². The highest BCUT2D eigenvalue weighted by Gasteiger charge is 2.31. The normalized spacial score (nSPS) is 18.7. The second kappa shape index (κ2) is 9.55. The van der Waals surface area contributed by atoms with Crippen LogP contribution >= 0.6 is 0 Å². The maximum atomic E-state index is 12.8. The fourth-order valence-corrected chi connectivity index (χ4v) is 4.89. The van der Waals surface area contributed by atoms with E-state index in [1.165, 1.54) is 5.69 Å². The van der Waals surface area contributed by atoms with Crippen LogP contribution in [0.3, 0.4) is 0 Å². The molecule has 0 aromatic heterocycles. The number of carbonyl (C=O) groups excluding carboxylic acids is 1. The SMILES string of the molecule is Nc1cccc(CC2NC(=O)c3ccccc3N2CCN2CCN(c3ccccc3)CC2)c1. The van der Waals surface area contributed by atoms with Crippen LogP contribution in [-0.4, -0.2) is 56.2 Å². The Hall–Kier alpha value is -3.51. The van der Waals surface area contributed by atoms with Gasteiger partial charge in [-0.2, -0.15) is 0 Å². The van der Waals surface area contributed by atoms with E-state index in [1.807, 2.05) is 36.4 Å². The molecule has 33 heavy (non-hydrogen) atoms. The van der Waals surface area contributed by atoms with Gasteiger partial charge in [0.25, 0.3) is 5.91 Å². The molecule has 2 aliphatic heterocycles. The van der Waals surface area contributed by atoms with E-state index >= 15 is 0 Å². The van der Waals surface area contributed by atoms with Crippen molar-refractivity contribution >= 4 is 23.0 Å². The second-order valence-electron chi connectivity index (χ2n) is 8.81. The summed E-state index contributed by atoms with van der Waals surface area (Å²) in [6.45, 7) is 5.96. The van der Waals surface area contributed by atoms with E-state index in [0.29, 0.717) is 6.42 Å². The number of nitrogens with one attached hydrogen (secondary N) is 1. The minimum atomic E-state index is -0.0974. The molecule has 0 aliphatic carbocycles. The van der Waals surface area contributed by atoms with E-state index in [2.05, 4.69) is 62.5 Å². The van der Waals surface area contributed by atoms with Crippen LogP contribution in [0.4, 0.5) is 17.1 Å². The van der Waals surface area contributed by atoms with Gasteiger partial charge in [-0.3, -0.25) is 9.69 Å². The van der Waals surface area contributed by atoms with Gasteiger partial charge in [-0.15, -0.1) is 0 Å². The average Bonchev–Trinajstić information content (AvgIpc) is 2.85. The first-order chi connectivity index (χ1) is 16.2. The van der Waals surface area contributed by atoms with Gasteiger partial charge in [-0.05, 0) is 42.0 Å². The Morgan fingerprint density at radius 3 is 2.39 bits per heavy atom. The molecule has 2 aliphatic rings. The van der Waals surface area contributed by atoms with Crippen LogP contribution in [0.1, 0.15) is 15.9 Å². The predicted octanol–water partition coefficient (Wildman–Crippen LogP) is 3.21. The smallest absolute Gasteiger partial charge is 0.254 e. The van der Waals surface area contributed by atoms with Gasteiger partial charge in [-0.1, -0.05) is 42.5 Å². The number of piperazine rings is 1. The summed E-state index contributed by atoms with van der Waals surface area (Å²) < 4.78 is 0. The molecule has 3 N–H and O–H groups in total. The Labute approximate surface area is 195 Å². The average molecular weight is 442 g/mol. The van der Waals surface area contributed by atoms with Crippen LogP contribution in [0.2, 0.25) is 0 Å². The molecule has 3 aromatic rings. The lowest BCUT2D eigenvalue weighted by molar-refractivity contribution is 0.0925. The number of rotatable bonds is 6. The molecule has 3 aromatic carbocycles. The first kappa shape index (κ1) is 21.3. The Morgan fingerprint density at radius 2 is 1.61 bits per heavy atom. The number of fused-ring (bicyclic) bond motifs is 1. The van der Waals surface area contributed by atoms with Crippen molar-refractivity contribution in [3.63, 3.8) is 0 Å². The minimum absolute atomic E-state index is 0.00720. The van der Waals surface area contributed by atoms with Crippen molar-refractivity contribution in [2.24, 2.45) is 0 Å². The summed E-state index contributed by atoms with van der Waals surface area (Å²) in [7, 11) is 0. The highest BCUT2D eigenvalue weighted by molar-refractivity contribution is 6.02. The Morgan fingerprint density at radius 1 is 0.848 bits per heavy atom. The van der Waals surface area contributed by atoms with Crippen LogP contribution in [0, 0.1) is 0 Å². The molecular weight excluding hydrogens is 410 g/mol. The molecule has 1 unspecified atom stereocenters. The Bertz CT molecular complexity index is 1090. The van der Waals surface area contributed by atoms with E-state index < -0.39 is 0 Å². The fraction of sp³-hybridized carbons (Fsp3) is 0.296. The van der Waals surface area contributed by atoms with Crippen molar-refractivity contribution in [1.82, 2.24) is 10.2 Å². The molecule has 1 saturated heterocycles. The lowest BCUT2D eigenvalue weighted by Crippen LogP contribution is -2.56. The number of hydrogen-bond donors (Lipinski definition) is 2. The number of carbonyl (C=O) groups is 1. The molecule has 1 fully saturated rings. The first-order valence-corrected chi connectivity index (χ1v) is 11.7. The number of hydrogen-bond acceptors (Lipinski definition) is 5. The number of nitrogens with zero attached hydrogens (tertiary/aromatic N) is 3. The van der Waals surface area contributed by atoms with Crippen molar-refractivity contribution in [3.8, 4) is 0 Å². The van der Waals surface area contributed by atoms with Crippen LogP contribution in [-0.2, 0) is 6.42 Å². The van der Waals surface area contributed by atoms with Crippen molar-refractivity contribution in [3.05, 3.63) is 90.0 Å². The molecule has 0 radical (unpaired) electrons. The molecule has 0 bridgehead atoms. The summed E-state index contributed by atoms with van der Waals surface area (Å²) in [6.07, 6.45) is 0.618. The van der Waals surface area contributed by atoms with E-state index in [9.17, 15) is 4.79 Å². The van der Waals surface area contributed by atoms with Crippen molar-refractivity contribution in [2.45, 2.75) is 12.6 Å². The van der Waals surface area contributed by atoms with Gasteiger partial charge < -0.3 is 20.9 Å². The molecular formula is C27H31N5O. The number of para-hydroxylation sites is 2. The number of anilines is 3. The lowest BCUT2D eigenvalue weighted by atomic mass is 10.0. The molecule has 6 nitrogen and oxygen atoms in total. The zero-order chi connectivity index (χ0) is 22.6. The van der Waals surface area contributed by atoms with Gasteiger partial charge in [0.2, 0.25) is 0 Å². The second-order valence-corrected chi connectivity index (χ2v) is 8.81. The third-order valence-electron chi connectivity index (χ3n) is 6.66. The van der Waals surface area contributed by atoms with E-state index in [-0.39, 0.29) is 12.1 Å². The summed E-state index contributed by atoms with van der Waals surface area (Å²) in [5.74, 6) is -0.00720. The number of benzene rings is 3. The van der Waals surface area contributed by atoms with Gasteiger partial charge in [0.15, 0.2) is 0 Å². The summed E-state index contributed by atoms with van der Waals surface area (Å²) in [5, 5.41) is 3.23. The number of nitrogens with two attached hydrogens (primary N) is 1. The largest absolute Gasteiger partial charge is 0.399 e. The summed E-state index contributed by atoms with van der Waals surface area (Å²) in [5.41, 5.74) is 10.9. The minimum Gasteiger partial charge on any atom is -0.399 e. The molecule has 0 spiro atoms. The predicted molar refractivity (Wildman–Crippen MR) is 135 cm³/mol. The zero-order valence-electron chi connectivity index (χ0n) is 18.9. The van der Waals surface area contributed by atoms with Crippen LogP contribution in [0.15, 0.2) is 78.9 Å². The van der Waals surface area contributed by atoms with E-state index in [0.717, 1.165) is 61.8 Å². The van der Waals surface area contributed by atoms with Gasteiger partial charge in [-0.25, -0.2) is 0 Å². The topological polar surface area (TPSA) is 64.8 Å². The number of nitrogen functional groups attached to an aromatic ring is 1. The molecule has 2 heterocycles. The van der Waals surface area contributed by atoms with Crippen molar-refractivity contribution in [1.29, 1.82) is 0 Å². The Kier molecular flexibility index (Phi) is 6.17. The maximum Gasteiger partial charge on any atom is 0.254 e. The van der Waals surface area contributed by atoms with Crippen LogP contribution < -0.4 is 20.9 Å². The molecule has 170 valence electrons. The maximum absolute atomic E-state index is 12.8. The zero-order valence-corrected chi connectivity index (χ0v) is 18.9. The number of amides is 1. The molecule has 0 saturated carbocycles. The quantitative estimate of drug-likeness (QED) is 0.575. The van der Waals surface area contributed by atoms with Gasteiger partial charge in [0.05, 0.1) is 11.3 Å². The fourth-order valence-electron chi connectivity index (χ4n) is 4.89. The van der Waals surface area contributed by atoms with Crippen molar-refractivity contribution in [2.75, 3.05) is 54.8 Å². The monoisotopic (exact) mass is 441 g/mol. The summed E-state index contributed by atoms with van der Waals surface area (Å²) >= 11 is 0. The van der Waals surface area contributed by atoms with Gasteiger partial charge >= 0.3 is 0 Å². The molecule has 5 rings (SSSR count). The molecule has 1 atom stereocenters. The summed E-state index contributed by atoms with van der Waals surface area (Å²) in [4.78, 5) is 20.1. The Balaban J connectivity index is 1.28. The van der Waals surface area contributed by atoms with Crippen molar-refractivity contribution < 1.29 is 4.79 Å². The van der Waals surface area contributed by atoms with E-state index in [4.69, 9.17) is 5.73 Å². The molecule has 6 heteroatoms. The van der Waals surface area contributed by atoms with Crippen LogP contribution in [0.5, 0.6) is 0 Å². The van der Waals surface area contributed by atoms with Crippen LogP contribution in [0.25, 0.3) is 0 Å².